The van der Waals surface area contributed by atoms with Gasteiger partial charge in [-0.3, -0.25) is 4.79 Å². The van der Waals surface area contributed by atoms with Gasteiger partial charge in [-0.25, -0.2) is 9.38 Å². The van der Waals surface area contributed by atoms with E-state index >= 15 is 0 Å². The van der Waals surface area contributed by atoms with Crippen molar-refractivity contribution in [2.75, 3.05) is 26.9 Å². The Bertz CT molecular complexity index is 844. The Labute approximate surface area is 199 Å². The van der Waals surface area contributed by atoms with Crippen LogP contribution < -0.4 is 10.6 Å². The molecule has 5 nitrogen and oxygen atoms in total. The van der Waals surface area contributed by atoms with Crippen molar-refractivity contribution in [3.63, 3.8) is 0 Å². The Morgan fingerprint density at radius 1 is 1.10 bits per heavy atom. The fourth-order valence-corrected chi connectivity index (χ4v) is 3.34. The van der Waals surface area contributed by atoms with Crippen LogP contribution in [0.3, 0.4) is 0 Å². The van der Waals surface area contributed by atoms with Crippen LogP contribution in [-0.4, -0.2) is 43.7 Å². The predicted octanol–water partition coefficient (Wildman–Crippen LogP) is 4.26. The molecule has 0 saturated heterocycles. The molecular weight excluding hydrogens is 514 g/mol. The fraction of sp³-hybridized carbons (Fsp3) is 0.364. The summed E-state index contributed by atoms with van der Waals surface area (Å²) in [5, 5.41) is 6.55. The van der Waals surface area contributed by atoms with E-state index in [4.69, 9.17) is 0 Å². The molecule has 2 aromatic carbocycles. The second-order valence-corrected chi connectivity index (χ2v) is 7.66. The van der Waals surface area contributed by atoms with Crippen molar-refractivity contribution in [3.8, 4) is 0 Å². The lowest BCUT2D eigenvalue weighted by Crippen LogP contribution is -2.37. The molecule has 2 aromatic rings. The van der Waals surface area contributed by atoms with E-state index in [1.54, 1.807) is 36.8 Å². The molecule has 0 aromatic heterocycles. The molecule has 2 rings (SSSR count). The standard InChI is InChI=1S/C22H29FN4OS.HI/c1-5-24-22(26-14-18-10-11-20(23)12-19(18)15-29-4)25-13-16-6-8-17(9-7-16)21(28)27(2)3;/h6-12H,5,13-15H2,1-4H3,(H2,24,25,26);1H. The van der Waals surface area contributed by atoms with Crippen LogP contribution in [0.5, 0.6) is 0 Å². The number of nitrogens with one attached hydrogen (secondary N) is 2. The molecule has 0 aliphatic rings. The first-order chi connectivity index (χ1) is 13.9. The number of rotatable bonds is 8. The van der Waals surface area contributed by atoms with Gasteiger partial charge in [-0.15, -0.1) is 24.0 Å². The second-order valence-electron chi connectivity index (χ2n) is 6.79. The first-order valence-corrected chi connectivity index (χ1v) is 10.9. The van der Waals surface area contributed by atoms with Gasteiger partial charge in [0.15, 0.2) is 5.96 Å². The molecule has 0 atom stereocenters. The molecule has 0 fully saturated rings. The van der Waals surface area contributed by atoms with Crippen LogP contribution in [-0.2, 0) is 18.8 Å². The molecule has 0 saturated carbocycles. The normalized spacial score (nSPS) is 10.9. The lowest BCUT2D eigenvalue weighted by Gasteiger charge is -2.14. The van der Waals surface area contributed by atoms with Crippen molar-refractivity contribution in [2.24, 2.45) is 4.99 Å². The number of thioether (sulfide) groups is 1. The minimum atomic E-state index is -0.213. The SMILES string of the molecule is CCNC(=NCc1ccc(C(=O)N(C)C)cc1)NCc1ccc(F)cc1CSC.I. The maximum Gasteiger partial charge on any atom is 0.253 e. The number of benzene rings is 2. The molecule has 1 amide bonds. The van der Waals surface area contributed by atoms with Crippen LogP contribution in [0.1, 0.15) is 34.0 Å². The maximum absolute atomic E-state index is 13.5. The fourth-order valence-electron chi connectivity index (χ4n) is 2.76. The van der Waals surface area contributed by atoms with Gasteiger partial charge < -0.3 is 15.5 Å². The number of aliphatic imine (C=N–C) groups is 1. The zero-order valence-electron chi connectivity index (χ0n) is 17.9. The van der Waals surface area contributed by atoms with E-state index in [0.717, 1.165) is 29.0 Å². The lowest BCUT2D eigenvalue weighted by molar-refractivity contribution is 0.0827. The van der Waals surface area contributed by atoms with Crippen molar-refractivity contribution < 1.29 is 9.18 Å². The molecule has 0 aliphatic heterocycles. The molecule has 0 spiro atoms. The lowest BCUT2D eigenvalue weighted by atomic mass is 10.1. The Hall–Kier alpha value is -1.81. The number of carbonyl (C=O) groups excluding carboxylic acids is 1. The van der Waals surface area contributed by atoms with Crippen LogP contribution in [0.25, 0.3) is 0 Å². The predicted molar refractivity (Wildman–Crippen MR) is 135 cm³/mol. The van der Waals surface area contributed by atoms with E-state index in [1.807, 2.05) is 43.5 Å². The number of halogens is 2. The minimum Gasteiger partial charge on any atom is -0.357 e. The molecular formula is C22H30FIN4OS. The van der Waals surface area contributed by atoms with Crippen molar-refractivity contribution >= 4 is 47.6 Å². The van der Waals surface area contributed by atoms with E-state index in [-0.39, 0.29) is 35.7 Å². The van der Waals surface area contributed by atoms with Gasteiger partial charge in [0.25, 0.3) is 5.91 Å². The van der Waals surface area contributed by atoms with Crippen molar-refractivity contribution in [2.45, 2.75) is 25.8 Å². The third kappa shape index (κ3) is 8.14. The highest BCUT2D eigenvalue weighted by Crippen LogP contribution is 2.16. The number of guanidine groups is 1. The van der Waals surface area contributed by atoms with Gasteiger partial charge in [-0.05, 0) is 54.1 Å². The van der Waals surface area contributed by atoms with Gasteiger partial charge in [-0.1, -0.05) is 18.2 Å². The van der Waals surface area contributed by atoms with Gasteiger partial charge in [0.2, 0.25) is 0 Å². The van der Waals surface area contributed by atoms with Crippen LogP contribution >= 0.6 is 35.7 Å². The highest BCUT2D eigenvalue weighted by molar-refractivity contribution is 14.0. The number of nitrogens with zero attached hydrogens (tertiary/aromatic N) is 2. The summed E-state index contributed by atoms with van der Waals surface area (Å²) >= 11 is 1.67. The van der Waals surface area contributed by atoms with Crippen molar-refractivity contribution in [3.05, 3.63) is 70.5 Å². The quantitative estimate of drug-likeness (QED) is 0.296. The van der Waals surface area contributed by atoms with Crippen molar-refractivity contribution in [1.29, 1.82) is 0 Å². The van der Waals surface area contributed by atoms with E-state index < -0.39 is 0 Å². The zero-order chi connectivity index (χ0) is 21.2. The Kier molecular flexibility index (Phi) is 11.8. The van der Waals surface area contributed by atoms with Crippen LogP contribution in [0.4, 0.5) is 4.39 Å². The van der Waals surface area contributed by atoms with Crippen LogP contribution in [0.2, 0.25) is 0 Å². The van der Waals surface area contributed by atoms with E-state index in [1.165, 1.54) is 6.07 Å². The average molecular weight is 544 g/mol. The summed E-state index contributed by atoms with van der Waals surface area (Å²) in [6.45, 7) is 3.81. The largest absolute Gasteiger partial charge is 0.357 e. The first-order valence-electron chi connectivity index (χ1n) is 9.53. The van der Waals surface area contributed by atoms with Gasteiger partial charge in [0.1, 0.15) is 5.82 Å². The summed E-state index contributed by atoms with van der Waals surface area (Å²) in [6.07, 6.45) is 2.00. The smallest absolute Gasteiger partial charge is 0.253 e. The summed E-state index contributed by atoms with van der Waals surface area (Å²) in [7, 11) is 3.47. The molecule has 0 radical (unpaired) electrons. The summed E-state index contributed by atoms with van der Waals surface area (Å²) in [5.74, 6) is 1.23. The zero-order valence-corrected chi connectivity index (χ0v) is 21.0. The number of carbonyl (C=O) groups is 1. The Morgan fingerprint density at radius 3 is 2.40 bits per heavy atom. The number of hydrogen-bond acceptors (Lipinski definition) is 3. The Balaban J connectivity index is 0.00000450. The van der Waals surface area contributed by atoms with Crippen molar-refractivity contribution in [1.82, 2.24) is 15.5 Å². The first kappa shape index (κ1) is 26.2. The highest BCUT2D eigenvalue weighted by Gasteiger charge is 2.08. The van der Waals surface area contributed by atoms with Crippen LogP contribution in [0, 0.1) is 5.82 Å². The minimum absolute atomic E-state index is 0. The maximum atomic E-state index is 13.5. The van der Waals surface area contributed by atoms with Crippen LogP contribution in [0.15, 0.2) is 47.5 Å². The molecule has 164 valence electrons. The third-order valence-electron chi connectivity index (χ3n) is 4.29. The summed E-state index contributed by atoms with van der Waals surface area (Å²) < 4.78 is 13.5. The molecule has 8 heteroatoms. The molecule has 0 bridgehead atoms. The van der Waals surface area contributed by atoms with E-state index in [9.17, 15) is 9.18 Å². The third-order valence-corrected chi connectivity index (χ3v) is 4.89. The number of hydrogen-bond donors (Lipinski definition) is 2. The average Bonchev–Trinajstić information content (AvgIpc) is 2.71. The summed E-state index contributed by atoms with van der Waals surface area (Å²) in [5.41, 5.74) is 3.72. The van der Waals surface area contributed by atoms with Gasteiger partial charge in [0, 0.05) is 38.5 Å². The number of amides is 1. The van der Waals surface area contributed by atoms with Gasteiger partial charge in [-0.2, -0.15) is 11.8 Å². The van der Waals surface area contributed by atoms with E-state index in [0.29, 0.717) is 24.6 Å². The highest BCUT2D eigenvalue weighted by atomic mass is 127. The molecule has 0 unspecified atom stereocenters. The Morgan fingerprint density at radius 2 is 1.80 bits per heavy atom. The molecule has 30 heavy (non-hydrogen) atoms. The molecule has 0 heterocycles. The van der Waals surface area contributed by atoms with Gasteiger partial charge >= 0.3 is 0 Å². The monoisotopic (exact) mass is 544 g/mol. The second kappa shape index (κ2) is 13.5. The van der Waals surface area contributed by atoms with Gasteiger partial charge in [0.05, 0.1) is 6.54 Å². The van der Waals surface area contributed by atoms with E-state index in [2.05, 4.69) is 15.6 Å². The molecule has 2 N–H and O–H groups in total. The molecule has 0 aliphatic carbocycles. The topological polar surface area (TPSA) is 56.7 Å². The summed E-state index contributed by atoms with van der Waals surface area (Å²) in [6, 6.07) is 12.4. The summed E-state index contributed by atoms with van der Waals surface area (Å²) in [4.78, 5) is 18.2.